The number of thioether (sulfide) groups is 1. The molecule has 24 heavy (non-hydrogen) atoms. The number of hydrogen-bond donors (Lipinski definition) is 1. The normalized spacial score (nSPS) is 11.6. The van der Waals surface area contributed by atoms with Crippen LogP contribution in [0.4, 0.5) is 0 Å². The Bertz CT molecular complexity index is 658. The fourth-order valence-corrected chi connectivity index (χ4v) is 3.00. The summed E-state index contributed by atoms with van der Waals surface area (Å²) in [6, 6.07) is 15.6. The Morgan fingerprint density at radius 3 is 2.58 bits per heavy atom. The molecule has 0 saturated carbocycles. The number of nitrogens with one attached hydrogen (secondary N) is 1. The molecule has 5 heteroatoms. The minimum atomic E-state index is -0.169. The van der Waals surface area contributed by atoms with Crippen LogP contribution >= 0.6 is 11.8 Å². The van der Waals surface area contributed by atoms with Crippen LogP contribution in [0.2, 0.25) is 0 Å². The summed E-state index contributed by atoms with van der Waals surface area (Å²) in [5.74, 6) is 1.64. The maximum Gasteiger partial charge on any atom is 0.233 e. The SMILES string of the molecule is COc1ccc(SC(C)C(=O)NCCOc2cccc(C)c2)cc1. The molecule has 0 aliphatic rings. The van der Waals surface area contributed by atoms with Crippen molar-refractivity contribution in [3.8, 4) is 11.5 Å². The Morgan fingerprint density at radius 1 is 1.17 bits per heavy atom. The lowest BCUT2D eigenvalue weighted by Gasteiger charge is -2.13. The predicted octanol–water partition coefficient (Wildman–Crippen LogP) is 3.68. The number of rotatable bonds is 8. The van der Waals surface area contributed by atoms with Crippen LogP contribution < -0.4 is 14.8 Å². The summed E-state index contributed by atoms with van der Waals surface area (Å²) in [4.78, 5) is 13.2. The smallest absolute Gasteiger partial charge is 0.233 e. The molecule has 0 spiro atoms. The molecule has 4 nitrogen and oxygen atoms in total. The number of aryl methyl sites for hydroxylation is 1. The molecule has 1 unspecified atom stereocenters. The zero-order valence-corrected chi connectivity index (χ0v) is 15.1. The first-order valence-corrected chi connectivity index (χ1v) is 8.74. The summed E-state index contributed by atoms with van der Waals surface area (Å²) in [7, 11) is 1.64. The van der Waals surface area contributed by atoms with Gasteiger partial charge in [-0.1, -0.05) is 12.1 Å². The van der Waals surface area contributed by atoms with Crippen LogP contribution in [-0.4, -0.2) is 31.4 Å². The van der Waals surface area contributed by atoms with Crippen molar-refractivity contribution in [1.29, 1.82) is 0 Å². The fraction of sp³-hybridized carbons (Fsp3) is 0.316. The zero-order chi connectivity index (χ0) is 17.4. The van der Waals surface area contributed by atoms with E-state index in [1.54, 1.807) is 7.11 Å². The highest BCUT2D eigenvalue weighted by molar-refractivity contribution is 8.00. The minimum absolute atomic E-state index is 0.00339. The zero-order valence-electron chi connectivity index (χ0n) is 14.2. The van der Waals surface area contributed by atoms with Crippen LogP contribution in [0.15, 0.2) is 53.4 Å². The molecule has 0 aromatic heterocycles. The summed E-state index contributed by atoms with van der Waals surface area (Å²) >= 11 is 1.52. The highest BCUT2D eigenvalue weighted by Gasteiger charge is 2.13. The first-order chi connectivity index (χ1) is 11.6. The Labute approximate surface area is 147 Å². The van der Waals surface area contributed by atoms with Crippen molar-refractivity contribution < 1.29 is 14.3 Å². The van der Waals surface area contributed by atoms with Gasteiger partial charge in [0.1, 0.15) is 18.1 Å². The second kappa shape index (κ2) is 9.23. The van der Waals surface area contributed by atoms with Gasteiger partial charge in [0.15, 0.2) is 0 Å². The minimum Gasteiger partial charge on any atom is -0.497 e. The van der Waals surface area contributed by atoms with Gasteiger partial charge in [-0.2, -0.15) is 0 Å². The highest BCUT2D eigenvalue weighted by atomic mass is 32.2. The van der Waals surface area contributed by atoms with E-state index in [4.69, 9.17) is 9.47 Å². The summed E-state index contributed by atoms with van der Waals surface area (Å²) < 4.78 is 10.8. The van der Waals surface area contributed by atoms with Crippen molar-refractivity contribution in [1.82, 2.24) is 5.32 Å². The second-order valence-corrected chi connectivity index (χ2v) is 6.81. The van der Waals surface area contributed by atoms with Gasteiger partial charge in [-0.15, -0.1) is 11.8 Å². The number of amides is 1. The number of hydrogen-bond acceptors (Lipinski definition) is 4. The standard InChI is InChI=1S/C19H23NO3S/c1-14-5-4-6-17(13-14)23-12-11-20-19(21)15(2)24-18-9-7-16(22-3)8-10-18/h4-10,13,15H,11-12H2,1-3H3,(H,20,21). The Kier molecular flexibility index (Phi) is 7.00. The summed E-state index contributed by atoms with van der Waals surface area (Å²) in [5, 5.41) is 2.73. The largest absolute Gasteiger partial charge is 0.497 e. The van der Waals surface area contributed by atoms with E-state index in [-0.39, 0.29) is 11.2 Å². The van der Waals surface area contributed by atoms with Gasteiger partial charge in [0.25, 0.3) is 0 Å². The van der Waals surface area contributed by atoms with Gasteiger partial charge >= 0.3 is 0 Å². The van der Waals surface area contributed by atoms with Gasteiger partial charge in [0.2, 0.25) is 5.91 Å². The van der Waals surface area contributed by atoms with Gasteiger partial charge in [-0.3, -0.25) is 4.79 Å². The Morgan fingerprint density at radius 2 is 1.92 bits per heavy atom. The number of benzene rings is 2. The van der Waals surface area contributed by atoms with E-state index < -0.39 is 0 Å². The monoisotopic (exact) mass is 345 g/mol. The van der Waals surface area contributed by atoms with E-state index in [1.807, 2.05) is 62.4 Å². The summed E-state index contributed by atoms with van der Waals surface area (Å²) in [6.45, 7) is 4.85. The van der Waals surface area contributed by atoms with Crippen LogP contribution in [0.25, 0.3) is 0 Å². The third-order valence-electron chi connectivity index (χ3n) is 3.40. The lowest BCUT2D eigenvalue weighted by molar-refractivity contribution is -0.120. The van der Waals surface area contributed by atoms with E-state index in [0.717, 1.165) is 22.0 Å². The highest BCUT2D eigenvalue weighted by Crippen LogP contribution is 2.25. The molecule has 0 aliphatic heterocycles. The number of methoxy groups -OCH3 is 1. The molecule has 0 saturated heterocycles. The Balaban J connectivity index is 1.71. The average molecular weight is 345 g/mol. The summed E-state index contributed by atoms with van der Waals surface area (Å²) in [5.41, 5.74) is 1.15. The molecule has 1 amide bonds. The lowest BCUT2D eigenvalue weighted by Crippen LogP contribution is -2.33. The van der Waals surface area contributed by atoms with Gasteiger partial charge < -0.3 is 14.8 Å². The van der Waals surface area contributed by atoms with Gasteiger partial charge in [0.05, 0.1) is 18.9 Å². The first kappa shape index (κ1) is 18.2. The van der Waals surface area contributed by atoms with E-state index in [1.165, 1.54) is 11.8 Å². The molecule has 1 N–H and O–H groups in total. The lowest BCUT2D eigenvalue weighted by atomic mass is 10.2. The quantitative estimate of drug-likeness (QED) is 0.586. The molecule has 1 atom stereocenters. The van der Waals surface area contributed by atoms with E-state index in [9.17, 15) is 4.79 Å². The van der Waals surface area contributed by atoms with E-state index in [2.05, 4.69) is 5.32 Å². The third-order valence-corrected chi connectivity index (χ3v) is 4.51. The molecule has 0 radical (unpaired) electrons. The molecule has 2 aromatic carbocycles. The van der Waals surface area contributed by atoms with Crippen molar-refractivity contribution >= 4 is 17.7 Å². The van der Waals surface area contributed by atoms with Gasteiger partial charge in [-0.05, 0) is 55.8 Å². The molecule has 0 heterocycles. The van der Waals surface area contributed by atoms with Crippen molar-refractivity contribution in [2.24, 2.45) is 0 Å². The maximum absolute atomic E-state index is 12.1. The topological polar surface area (TPSA) is 47.6 Å². The van der Waals surface area contributed by atoms with Crippen LogP contribution in [0.1, 0.15) is 12.5 Å². The Hall–Kier alpha value is -2.14. The molecular formula is C19H23NO3S. The predicted molar refractivity (Wildman–Crippen MR) is 98.0 cm³/mol. The molecule has 2 aromatic rings. The molecule has 0 fully saturated rings. The van der Waals surface area contributed by atoms with Crippen LogP contribution in [0.5, 0.6) is 11.5 Å². The first-order valence-electron chi connectivity index (χ1n) is 7.86. The maximum atomic E-state index is 12.1. The van der Waals surface area contributed by atoms with Crippen LogP contribution in [0, 0.1) is 6.92 Å². The number of carbonyl (C=O) groups excluding carboxylic acids is 1. The number of ether oxygens (including phenoxy) is 2. The molecule has 128 valence electrons. The number of carbonyl (C=O) groups is 1. The third kappa shape index (κ3) is 5.81. The summed E-state index contributed by atoms with van der Waals surface area (Å²) in [6.07, 6.45) is 0. The van der Waals surface area contributed by atoms with Gasteiger partial charge in [-0.25, -0.2) is 0 Å². The molecular weight excluding hydrogens is 322 g/mol. The van der Waals surface area contributed by atoms with Crippen molar-refractivity contribution in [2.45, 2.75) is 24.0 Å². The van der Waals surface area contributed by atoms with Gasteiger partial charge in [0, 0.05) is 4.90 Å². The molecule has 0 bridgehead atoms. The second-order valence-electron chi connectivity index (χ2n) is 5.39. The van der Waals surface area contributed by atoms with Crippen molar-refractivity contribution in [3.63, 3.8) is 0 Å². The van der Waals surface area contributed by atoms with Crippen molar-refractivity contribution in [3.05, 3.63) is 54.1 Å². The average Bonchev–Trinajstić information content (AvgIpc) is 2.59. The van der Waals surface area contributed by atoms with E-state index in [0.29, 0.717) is 13.2 Å². The fourth-order valence-electron chi connectivity index (χ4n) is 2.10. The molecule has 2 rings (SSSR count). The van der Waals surface area contributed by atoms with Crippen LogP contribution in [0.3, 0.4) is 0 Å². The molecule has 0 aliphatic carbocycles. The van der Waals surface area contributed by atoms with Crippen molar-refractivity contribution in [2.75, 3.05) is 20.3 Å². The van der Waals surface area contributed by atoms with E-state index >= 15 is 0 Å². The van der Waals surface area contributed by atoms with Crippen LogP contribution in [-0.2, 0) is 4.79 Å².